The van der Waals surface area contributed by atoms with Gasteiger partial charge in [0.05, 0.1) is 0 Å². The molecular weight excluding hydrogens is 414 g/mol. The van der Waals surface area contributed by atoms with Crippen LogP contribution in [0.3, 0.4) is 0 Å². The van der Waals surface area contributed by atoms with Gasteiger partial charge in [-0.2, -0.15) is 4.89 Å². The molecule has 0 saturated heterocycles. The molecule has 8 nitrogen and oxygen atoms in total. The summed E-state index contributed by atoms with van der Waals surface area (Å²) in [5, 5.41) is 2.62. The van der Waals surface area contributed by atoms with Crippen LogP contribution in [0, 0.1) is 0 Å². The summed E-state index contributed by atoms with van der Waals surface area (Å²) in [7, 11) is -5.76. The Labute approximate surface area is 172 Å². The van der Waals surface area contributed by atoms with Gasteiger partial charge in [-0.25, -0.2) is 9.59 Å². The third kappa shape index (κ3) is 15.0. The molecule has 0 aromatic rings. The predicted molar refractivity (Wildman–Crippen MR) is 116 cm³/mol. The van der Waals surface area contributed by atoms with Gasteiger partial charge in [0.2, 0.25) is 0 Å². The molecular formula is C17H37NO7Si3. The lowest BCUT2D eigenvalue weighted by Gasteiger charge is -2.38. The molecule has 1 N–H and O–H groups in total. The largest absolute Gasteiger partial charge is 0.460 e. The Bertz CT molecular complexity index is 514. The quantitative estimate of drug-likeness (QED) is 0.113. The van der Waals surface area contributed by atoms with Gasteiger partial charge < -0.3 is 18.3 Å². The first-order chi connectivity index (χ1) is 12.6. The van der Waals surface area contributed by atoms with Gasteiger partial charge in [0.1, 0.15) is 13.2 Å². The normalized spacial score (nSPS) is 12.4. The Kier molecular flexibility index (Phi) is 11.5. The summed E-state index contributed by atoms with van der Waals surface area (Å²) in [6.07, 6.45) is 0.0371. The maximum atomic E-state index is 11.6. The smallest absolute Gasteiger partial charge is 0.438 e. The number of carbonyl (C=O) groups excluding carboxylic acids is 2. The van der Waals surface area contributed by atoms with Crippen molar-refractivity contribution in [1.82, 2.24) is 5.32 Å². The van der Waals surface area contributed by atoms with Crippen LogP contribution in [0.1, 0.15) is 13.3 Å². The summed E-state index contributed by atoms with van der Waals surface area (Å²) in [5.74, 6) is -0.513. The average molecular weight is 452 g/mol. The third-order valence-electron chi connectivity index (χ3n) is 3.00. The number of hydrogen-bond donors (Lipinski definition) is 1. The van der Waals surface area contributed by atoms with Crippen molar-refractivity contribution in [3.05, 3.63) is 12.2 Å². The summed E-state index contributed by atoms with van der Waals surface area (Å²) in [6.45, 7) is 20.4. The zero-order chi connectivity index (χ0) is 22.0. The van der Waals surface area contributed by atoms with Crippen LogP contribution in [0.15, 0.2) is 12.2 Å². The van der Waals surface area contributed by atoms with Crippen LogP contribution in [0.25, 0.3) is 0 Å². The highest BCUT2D eigenvalue weighted by atomic mass is 28.5. The Balaban J connectivity index is 4.16. The fourth-order valence-corrected chi connectivity index (χ4v) is 15.0. The number of nitrogens with one attached hydrogen (secondary N) is 1. The number of carbonyl (C=O) groups is 2. The van der Waals surface area contributed by atoms with Crippen LogP contribution in [0.4, 0.5) is 4.79 Å². The van der Waals surface area contributed by atoms with Crippen molar-refractivity contribution in [3.8, 4) is 0 Å². The lowest BCUT2D eigenvalue weighted by Crippen LogP contribution is -2.52. The first-order valence-electron chi connectivity index (χ1n) is 9.44. The summed E-state index contributed by atoms with van der Waals surface area (Å²) in [6, 6.07) is 0.791. The highest BCUT2D eigenvalue weighted by Gasteiger charge is 2.39. The van der Waals surface area contributed by atoms with Crippen molar-refractivity contribution in [2.24, 2.45) is 0 Å². The molecule has 28 heavy (non-hydrogen) atoms. The molecule has 11 heteroatoms. The van der Waals surface area contributed by atoms with E-state index in [4.69, 9.17) is 17.9 Å². The molecule has 0 atom stereocenters. The number of rotatable bonds is 13. The molecule has 0 spiro atoms. The molecule has 0 radical (unpaired) electrons. The highest BCUT2D eigenvalue weighted by molar-refractivity contribution is 6.87. The lowest BCUT2D eigenvalue weighted by molar-refractivity contribution is -0.244. The van der Waals surface area contributed by atoms with E-state index < -0.39 is 37.3 Å². The van der Waals surface area contributed by atoms with Gasteiger partial charge in [-0.15, -0.1) is 0 Å². The maximum absolute atomic E-state index is 11.6. The summed E-state index contributed by atoms with van der Waals surface area (Å²) >= 11 is 0. The second kappa shape index (κ2) is 11.9. The number of hydrogen-bond acceptors (Lipinski definition) is 7. The highest BCUT2D eigenvalue weighted by Crippen LogP contribution is 2.25. The van der Waals surface area contributed by atoms with Gasteiger partial charge in [-0.05, 0) is 65.2 Å². The van der Waals surface area contributed by atoms with Crippen molar-refractivity contribution in [3.63, 3.8) is 0 Å². The molecule has 0 aromatic heterocycles. The van der Waals surface area contributed by atoms with Crippen LogP contribution in [0.5, 0.6) is 0 Å². The van der Waals surface area contributed by atoms with Gasteiger partial charge in [0.25, 0.3) is 0 Å². The molecule has 0 aliphatic carbocycles. The van der Waals surface area contributed by atoms with E-state index in [-0.39, 0.29) is 13.2 Å². The van der Waals surface area contributed by atoms with Crippen LogP contribution < -0.4 is 5.32 Å². The number of amides is 1. The Hall–Kier alpha value is -0.989. The molecule has 0 heterocycles. The van der Waals surface area contributed by atoms with E-state index >= 15 is 0 Å². The molecule has 0 rings (SSSR count). The molecule has 0 aliphatic rings. The second-order valence-corrected chi connectivity index (χ2v) is 21.6. The summed E-state index contributed by atoms with van der Waals surface area (Å²) < 4.78 is 17.6. The van der Waals surface area contributed by atoms with Gasteiger partial charge in [0.15, 0.2) is 16.6 Å². The molecule has 1 amide bonds. The molecule has 0 unspecified atom stereocenters. The summed E-state index contributed by atoms with van der Waals surface area (Å²) in [4.78, 5) is 32.1. The predicted octanol–water partition coefficient (Wildman–Crippen LogP) is 3.93. The zero-order valence-electron chi connectivity index (χ0n) is 18.6. The van der Waals surface area contributed by atoms with Crippen molar-refractivity contribution in [2.45, 2.75) is 65.2 Å². The van der Waals surface area contributed by atoms with E-state index in [1.165, 1.54) is 0 Å². The molecule has 164 valence electrons. The molecule has 0 saturated carbocycles. The van der Waals surface area contributed by atoms with Gasteiger partial charge >= 0.3 is 20.6 Å². The van der Waals surface area contributed by atoms with E-state index in [0.717, 1.165) is 12.5 Å². The fraction of sp³-hybridized carbons (Fsp3) is 0.765. The fourth-order valence-electron chi connectivity index (χ4n) is 2.43. The van der Waals surface area contributed by atoms with E-state index in [1.54, 1.807) is 6.92 Å². The topological polar surface area (TPSA) is 92.3 Å². The van der Waals surface area contributed by atoms with Crippen LogP contribution >= 0.6 is 0 Å². The van der Waals surface area contributed by atoms with E-state index in [9.17, 15) is 9.59 Å². The van der Waals surface area contributed by atoms with Gasteiger partial charge in [-0.3, -0.25) is 4.89 Å². The Morgan fingerprint density at radius 2 is 1.46 bits per heavy atom. The SMILES string of the molecule is C=C(C)C(=O)OCCOOC(=O)NCCC[Si](C)(O[Si](C)(C)C)O[Si](C)(C)C. The van der Waals surface area contributed by atoms with Crippen molar-refractivity contribution < 1.29 is 32.3 Å². The first kappa shape index (κ1) is 27.0. The Morgan fingerprint density at radius 3 is 1.93 bits per heavy atom. The third-order valence-corrected chi connectivity index (χ3v) is 12.6. The lowest BCUT2D eigenvalue weighted by atomic mass is 10.4. The van der Waals surface area contributed by atoms with Crippen LogP contribution in [-0.2, 0) is 27.5 Å². The zero-order valence-corrected chi connectivity index (χ0v) is 21.6. The second-order valence-electron chi connectivity index (χ2n) is 8.70. The minimum absolute atomic E-state index is 0.0228. The Morgan fingerprint density at radius 1 is 0.929 bits per heavy atom. The average Bonchev–Trinajstić information content (AvgIpc) is 2.47. The first-order valence-corrected chi connectivity index (χ1v) is 18.8. The molecule has 0 aromatic carbocycles. The van der Waals surface area contributed by atoms with E-state index in [1.807, 2.05) is 0 Å². The monoisotopic (exact) mass is 451 g/mol. The number of ether oxygens (including phenoxy) is 1. The van der Waals surface area contributed by atoms with Crippen molar-refractivity contribution in [1.29, 1.82) is 0 Å². The summed E-state index contributed by atoms with van der Waals surface area (Å²) in [5.41, 5.74) is 0.297. The minimum atomic E-state index is -2.30. The van der Waals surface area contributed by atoms with E-state index in [0.29, 0.717) is 12.1 Å². The van der Waals surface area contributed by atoms with Gasteiger partial charge in [-0.1, -0.05) is 6.58 Å². The van der Waals surface area contributed by atoms with Crippen molar-refractivity contribution >= 4 is 37.3 Å². The molecule has 0 bridgehead atoms. The van der Waals surface area contributed by atoms with Crippen LogP contribution in [0.2, 0.25) is 51.9 Å². The molecule has 0 aliphatic heterocycles. The van der Waals surface area contributed by atoms with Gasteiger partial charge in [0, 0.05) is 12.1 Å². The standard InChI is InChI=1S/C17H37NO7Si3/c1-15(2)16(19)21-12-13-22-23-17(20)18-11-10-14-28(9,24-26(3,4)5)25-27(6,7)8/h1,10-14H2,2-9H3,(H,18,20). The number of esters is 1. The van der Waals surface area contributed by atoms with Crippen molar-refractivity contribution in [2.75, 3.05) is 19.8 Å². The minimum Gasteiger partial charge on any atom is -0.460 e. The van der Waals surface area contributed by atoms with Crippen LogP contribution in [-0.4, -0.2) is 57.0 Å². The van der Waals surface area contributed by atoms with E-state index in [2.05, 4.69) is 62.6 Å². The molecule has 0 fully saturated rings. The maximum Gasteiger partial charge on any atom is 0.438 e.